The summed E-state index contributed by atoms with van der Waals surface area (Å²) < 4.78 is 5.30. The van der Waals surface area contributed by atoms with Crippen LogP contribution in [0.25, 0.3) is 0 Å². The summed E-state index contributed by atoms with van der Waals surface area (Å²) >= 11 is 0. The van der Waals surface area contributed by atoms with Gasteiger partial charge in [0.15, 0.2) is 0 Å². The fourth-order valence-corrected chi connectivity index (χ4v) is 3.40. The fourth-order valence-electron chi connectivity index (χ4n) is 3.40. The first-order valence-corrected chi connectivity index (χ1v) is 10.8. The molecule has 0 bridgehead atoms. The molecule has 2 N–H and O–H groups in total. The van der Waals surface area contributed by atoms with Gasteiger partial charge in [-0.2, -0.15) is 0 Å². The lowest BCUT2D eigenvalue weighted by Crippen LogP contribution is -2.49. The van der Waals surface area contributed by atoms with Crippen LogP contribution in [0.5, 0.6) is 0 Å². The van der Waals surface area contributed by atoms with Gasteiger partial charge >= 0.3 is 6.09 Å². The second kappa shape index (κ2) is 11.6. The molecule has 1 aromatic carbocycles. The molecule has 1 heterocycles. The zero-order valence-corrected chi connectivity index (χ0v) is 18.4. The van der Waals surface area contributed by atoms with Crippen LogP contribution in [0, 0.1) is 0 Å². The van der Waals surface area contributed by atoms with Gasteiger partial charge in [0.05, 0.1) is 0 Å². The van der Waals surface area contributed by atoms with E-state index < -0.39 is 17.7 Å². The molecule has 1 atom stereocenters. The van der Waals surface area contributed by atoms with Gasteiger partial charge in [-0.3, -0.25) is 9.59 Å². The highest BCUT2D eigenvalue weighted by atomic mass is 16.6. The minimum atomic E-state index is -0.782. The zero-order chi connectivity index (χ0) is 22.0. The van der Waals surface area contributed by atoms with Gasteiger partial charge in [-0.15, -0.1) is 0 Å². The maximum atomic E-state index is 12.8. The van der Waals surface area contributed by atoms with Gasteiger partial charge in [-0.05, 0) is 39.2 Å². The zero-order valence-electron chi connectivity index (χ0n) is 18.4. The van der Waals surface area contributed by atoms with Gasteiger partial charge in [0.25, 0.3) is 0 Å². The molecule has 30 heavy (non-hydrogen) atoms. The molecule has 1 fully saturated rings. The van der Waals surface area contributed by atoms with E-state index in [4.69, 9.17) is 4.74 Å². The quantitative estimate of drug-likeness (QED) is 0.714. The Hall–Kier alpha value is -2.57. The number of carbonyl (C=O) groups excluding carboxylic acids is 3. The predicted molar refractivity (Wildman–Crippen MR) is 116 cm³/mol. The van der Waals surface area contributed by atoms with Crippen LogP contribution in [0.15, 0.2) is 30.3 Å². The van der Waals surface area contributed by atoms with E-state index in [0.717, 1.165) is 44.3 Å². The maximum Gasteiger partial charge on any atom is 0.408 e. The molecule has 2 rings (SSSR count). The Balaban J connectivity index is 1.90. The number of nitrogens with one attached hydrogen (secondary N) is 2. The van der Waals surface area contributed by atoms with E-state index in [2.05, 4.69) is 10.6 Å². The number of nitrogens with zero attached hydrogens (tertiary/aromatic N) is 1. The SMILES string of the molecule is CC(C)(C)OC(=O)NC(Cc1ccccc1)C(=O)NCCC(=O)N1CCCCCC1. The highest BCUT2D eigenvalue weighted by Gasteiger charge is 2.25. The topological polar surface area (TPSA) is 87.7 Å². The van der Waals surface area contributed by atoms with E-state index >= 15 is 0 Å². The van der Waals surface area contributed by atoms with Crippen molar-refractivity contribution >= 4 is 17.9 Å². The number of alkyl carbamates (subject to hydrolysis) is 1. The summed E-state index contributed by atoms with van der Waals surface area (Å²) in [4.78, 5) is 39.3. The summed E-state index contributed by atoms with van der Waals surface area (Å²) in [5, 5.41) is 5.46. The van der Waals surface area contributed by atoms with Gasteiger partial charge < -0.3 is 20.3 Å². The van der Waals surface area contributed by atoms with Crippen LogP contribution in [0.1, 0.15) is 58.4 Å². The number of likely N-dealkylation sites (tertiary alicyclic amines) is 1. The minimum absolute atomic E-state index is 0.0666. The number of benzene rings is 1. The number of carbonyl (C=O) groups is 3. The van der Waals surface area contributed by atoms with Gasteiger partial charge in [0, 0.05) is 32.5 Å². The second-order valence-corrected chi connectivity index (χ2v) is 8.72. The fraction of sp³-hybridized carbons (Fsp3) is 0.609. The molecular weight excluding hydrogens is 382 g/mol. The number of hydrogen-bond donors (Lipinski definition) is 2. The highest BCUT2D eigenvalue weighted by molar-refractivity contribution is 5.86. The van der Waals surface area contributed by atoms with Crippen molar-refractivity contribution in [2.24, 2.45) is 0 Å². The standard InChI is InChI=1S/C23H35N3O4/c1-23(2,3)30-22(29)25-19(17-18-11-7-6-8-12-18)21(28)24-14-13-20(27)26-15-9-4-5-10-16-26/h6-8,11-12,19H,4-5,9-10,13-17H2,1-3H3,(H,24,28)(H,25,29). The lowest BCUT2D eigenvalue weighted by atomic mass is 10.1. The summed E-state index contributed by atoms with van der Waals surface area (Å²) in [7, 11) is 0. The van der Waals surface area contributed by atoms with Crippen molar-refractivity contribution in [2.45, 2.75) is 70.9 Å². The molecule has 0 aliphatic carbocycles. The Kier molecular flexibility index (Phi) is 9.15. The van der Waals surface area contributed by atoms with E-state index in [1.54, 1.807) is 20.8 Å². The van der Waals surface area contributed by atoms with Crippen molar-refractivity contribution in [1.29, 1.82) is 0 Å². The molecule has 0 saturated carbocycles. The molecule has 166 valence electrons. The normalized spacial score (nSPS) is 15.6. The Labute approximate surface area is 179 Å². The van der Waals surface area contributed by atoms with Gasteiger partial charge in [-0.25, -0.2) is 4.79 Å². The lowest BCUT2D eigenvalue weighted by molar-refractivity contribution is -0.131. The number of hydrogen-bond acceptors (Lipinski definition) is 4. The van der Waals surface area contributed by atoms with Gasteiger partial charge in [0.1, 0.15) is 11.6 Å². The van der Waals surface area contributed by atoms with Crippen molar-refractivity contribution < 1.29 is 19.1 Å². The molecule has 1 unspecified atom stereocenters. The van der Waals surface area contributed by atoms with Crippen LogP contribution in [0.4, 0.5) is 4.79 Å². The molecule has 0 spiro atoms. The number of ether oxygens (including phenoxy) is 1. The van der Waals surface area contributed by atoms with Crippen molar-refractivity contribution in [3.63, 3.8) is 0 Å². The second-order valence-electron chi connectivity index (χ2n) is 8.72. The minimum Gasteiger partial charge on any atom is -0.444 e. The maximum absolute atomic E-state index is 12.8. The van der Waals surface area contributed by atoms with E-state index in [1.165, 1.54) is 0 Å². The van der Waals surface area contributed by atoms with Crippen LogP contribution in [0.3, 0.4) is 0 Å². The van der Waals surface area contributed by atoms with Crippen LogP contribution in [-0.4, -0.2) is 54.1 Å². The van der Waals surface area contributed by atoms with Crippen molar-refractivity contribution in [3.05, 3.63) is 35.9 Å². The van der Waals surface area contributed by atoms with Crippen molar-refractivity contribution in [3.8, 4) is 0 Å². The summed E-state index contributed by atoms with van der Waals surface area (Å²) in [6.07, 6.45) is 4.37. The van der Waals surface area contributed by atoms with Crippen LogP contribution < -0.4 is 10.6 Å². The average Bonchev–Trinajstić information content (AvgIpc) is 2.96. The molecule has 1 aliphatic heterocycles. The highest BCUT2D eigenvalue weighted by Crippen LogP contribution is 2.11. The third kappa shape index (κ3) is 8.84. The van der Waals surface area contributed by atoms with Gasteiger partial charge in [-0.1, -0.05) is 43.2 Å². The van der Waals surface area contributed by atoms with E-state index in [9.17, 15) is 14.4 Å². The Morgan fingerprint density at radius 2 is 1.67 bits per heavy atom. The predicted octanol–water partition coefficient (Wildman–Crippen LogP) is 3.03. The van der Waals surface area contributed by atoms with Crippen molar-refractivity contribution in [2.75, 3.05) is 19.6 Å². The third-order valence-electron chi connectivity index (χ3n) is 4.89. The summed E-state index contributed by atoms with van der Waals surface area (Å²) in [6.45, 7) is 7.15. The summed E-state index contributed by atoms with van der Waals surface area (Å²) in [5.74, 6) is -0.259. The largest absolute Gasteiger partial charge is 0.444 e. The lowest BCUT2D eigenvalue weighted by Gasteiger charge is -2.24. The van der Waals surface area contributed by atoms with Crippen LogP contribution in [-0.2, 0) is 20.7 Å². The smallest absolute Gasteiger partial charge is 0.408 e. The summed E-state index contributed by atoms with van der Waals surface area (Å²) in [5.41, 5.74) is 0.270. The number of amides is 3. The average molecular weight is 418 g/mol. The number of rotatable bonds is 7. The first-order valence-electron chi connectivity index (χ1n) is 10.8. The molecule has 1 saturated heterocycles. The first kappa shape index (κ1) is 23.7. The molecule has 7 nitrogen and oxygen atoms in total. The van der Waals surface area contributed by atoms with E-state index in [1.807, 2.05) is 35.2 Å². The molecular formula is C23H35N3O4. The Morgan fingerprint density at radius 1 is 1.03 bits per heavy atom. The molecule has 0 radical (unpaired) electrons. The van der Waals surface area contributed by atoms with E-state index in [0.29, 0.717) is 6.42 Å². The van der Waals surface area contributed by atoms with Gasteiger partial charge in [0.2, 0.25) is 11.8 Å². The molecule has 1 aromatic rings. The monoisotopic (exact) mass is 417 g/mol. The van der Waals surface area contributed by atoms with E-state index in [-0.39, 0.29) is 24.8 Å². The first-order chi connectivity index (χ1) is 14.2. The van der Waals surface area contributed by atoms with Crippen LogP contribution >= 0.6 is 0 Å². The molecule has 0 aromatic heterocycles. The van der Waals surface area contributed by atoms with Crippen LogP contribution in [0.2, 0.25) is 0 Å². The Morgan fingerprint density at radius 3 is 2.27 bits per heavy atom. The summed E-state index contributed by atoms with van der Waals surface area (Å²) in [6, 6.07) is 8.69. The molecule has 7 heteroatoms. The molecule has 1 aliphatic rings. The molecule has 3 amide bonds. The van der Waals surface area contributed by atoms with Crippen molar-refractivity contribution in [1.82, 2.24) is 15.5 Å². The third-order valence-corrected chi connectivity index (χ3v) is 4.89. The Bertz CT molecular complexity index is 692.